The van der Waals surface area contributed by atoms with Gasteiger partial charge in [0.25, 0.3) is 0 Å². The van der Waals surface area contributed by atoms with Gasteiger partial charge in [0.15, 0.2) is 5.96 Å². The number of rotatable bonds is 3. The Balaban J connectivity index is 2.17. The first-order valence-electron chi connectivity index (χ1n) is 7.00. The molecule has 1 heterocycles. The second-order valence-corrected chi connectivity index (χ2v) is 6.28. The van der Waals surface area contributed by atoms with Gasteiger partial charge in [0.05, 0.1) is 12.6 Å². The van der Waals surface area contributed by atoms with E-state index in [9.17, 15) is 0 Å². The lowest BCUT2D eigenvalue weighted by Crippen LogP contribution is -2.45. The largest absolute Gasteiger partial charge is 0.487 e. The lowest BCUT2D eigenvalue weighted by Gasteiger charge is -2.38. The van der Waals surface area contributed by atoms with Crippen molar-refractivity contribution in [3.05, 3.63) is 41.4 Å². The van der Waals surface area contributed by atoms with Crippen molar-refractivity contribution in [3.63, 3.8) is 0 Å². The molecule has 1 aliphatic rings. The number of benzene rings is 1. The van der Waals surface area contributed by atoms with E-state index in [0.29, 0.717) is 17.5 Å². The smallest absolute Gasteiger partial charge is 0.191 e. The molecule has 21 heavy (non-hydrogen) atoms. The number of halogens is 1. The highest BCUT2D eigenvalue weighted by atomic mass is 35.5. The van der Waals surface area contributed by atoms with Gasteiger partial charge in [-0.05, 0) is 19.9 Å². The molecule has 0 aliphatic carbocycles. The van der Waals surface area contributed by atoms with E-state index in [4.69, 9.17) is 16.3 Å². The average molecular weight is 308 g/mol. The predicted molar refractivity (Wildman–Crippen MR) is 88.0 cm³/mol. The molecule has 0 fully saturated rings. The quantitative estimate of drug-likeness (QED) is 0.666. The lowest BCUT2D eigenvalue weighted by atomic mass is 9.90. The first-order chi connectivity index (χ1) is 9.91. The second kappa shape index (κ2) is 6.39. The van der Waals surface area contributed by atoms with E-state index in [-0.39, 0.29) is 11.6 Å². The van der Waals surface area contributed by atoms with E-state index in [2.05, 4.69) is 42.1 Å². The fraction of sp³-hybridized carbons (Fsp3) is 0.438. The van der Waals surface area contributed by atoms with Crippen molar-refractivity contribution in [2.75, 3.05) is 13.6 Å². The minimum absolute atomic E-state index is 0.139. The number of nitrogens with one attached hydrogen (secondary N) is 2. The van der Waals surface area contributed by atoms with E-state index in [0.717, 1.165) is 17.7 Å². The van der Waals surface area contributed by atoms with Crippen LogP contribution in [0.1, 0.15) is 31.9 Å². The molecule has 1 unspecified atom stereocenters. The number of hydrogen-bond acceptors (Lipinski definition) is 2. The Labute approximate surface area is 131 Å². The van der Waals surface area contributed by atoms with Crippen LogP contribution in [0.4, 0.5) is 0 Å². The van der Waals surface area contributed by atoms with E-state index < -0.39 is 0 Å². The Morgan fingerprint density at radius 3 is 2.86 bits per heavy atom. The van der Waals surface area contributed by atoms with E-state index in [1.54, 1.807) is 7.05 Å². The highest BCUT2D eigenvalue weighted by molar-refractivity contribution is 6.29. The summed E-state index contributed by atoms with van der Waals surface area (Å²) >= 11 is 5.79. The Bertz CT molecular complexity index is 554. The molecule has 5 heteroatoms. The number of nitrogens with zero attached hydrogens (tertiary/aromatic N) is 1. The topological polar surface area (TPSA) is 45.7 Å². The van der Waals surface area contributed by atoms with Crippen molar-refractivity contribution in [1.82, 2.24) is 10.6 Å². The van der Waals surface area contributed by atoms with E-state index in [1.165, 1.54) is 0 Å². The molecule has 4 nitrogen and oxygen atoms in total. The van der Waals surface area contributed by atoms with Crippen molar-refractivity contribution in [1.29, 1.82) is 0 Å². The lowest BCUT2D eigenvalue weighted by molar-refractivity contribution is 0.0694. The van der Waals surface area contributed by atoms with Crippen molar-refractivity contribution >= 4 is 17.6 Å². The van der Waals surface area contributed by atoms with Gasteiger partial charge in [0.1, 0.15) is 11.4 Å². The van der Waals surface area contributed by atoms with Gasteiger partial charge in [0.2, 0.25) is 0 Å². The highest BCUT2D eigenvalue weighted by Crippen LogP contribution is 2.39. The minimum Gasteiger partial charge on any atom is -0.487 e. The Hall–Kier alpha value is -1.68. The molecule has 1 aromatic rings. The fourth-order valence-corrected chi connectivity index (χ4v) is 2.54. The van der Waals surface area contributed by atoms with Gasteiger partial charge >= 0.3 is 0 Å². The summed E-state index contributed by atoms with van der Waals surface area (Å²) in [4.78, 5) is 4.23. The standard InChI is InChI=1S/C16H22ClN3O/c1-11(17)10-19-15(18-4)20-13-9-16(2,3)21-14-8-6-5-7-12(13)14/h5-8,13H,1,9-10H2,2-4H3,(H2,18,19,20). The molecule has 0 saturated heterocycles. The average Bonchev–Trinajstić information content (AvgIpc) is 2.41. The molecule has 0 bridgehead atoms. The number of guanidine groups is 1. The molecule has 0 aromatic heterocycles. The van der Waals surface area contributed by atoms with Crippen LogP contribution < -0.4 is 15.4 Å². The molecule has 2 rings (SSSR count). The number of ether oxygens (including phenoxy) is 1. The molecule has 1 aliphatic heterocycles. The van der Waals surface area contributed by atoms with Crippen LogP contribution in [0.15, 0.2) is 40.9 Å². The van der Waals surface area contributed by atoms with E-state index >= 15 is 0 Å². The number of para-hydroxylation sites is 1. The number of aliphatic imine (C=N–C) groups is 1. The van der Waals surface area contributed by atoms with Gasteiger partial charge < -0.3 is 15.4 Å². The van der Waals surface area contributed by atoms with Gasteiger partial charge in [-0.3, -0.25) is 4.99 Å². The minimum atomic E-state index is -0.221. The van der Waals surface area contributed by atoms with Crippen LogP contribution in [-0.2, 0) is 0 Å². The van der Waals surface area contributed by atoms with Gasteiger partial charge in [-0.25, -0.2) is 0 Å². The third-order valence-corrected chi connectivity index (χ3v) is 3.49. The zero-order chi connectivity index (χ0) is 15.5. The molecule has 0 radical (unpaired) electrons. The maximum atomic E-state index is 6.03. The zero-order valence-corrected chi connectivity index (χ0v) is 13.5. The van der Waals surface area contributed by atoms with Crippen molar-refractivity contribution in [2.45, 2.75) is 31.9 Å². The van der Waals surface area contributed by atoms with Crippen LogP contribution in [0.5, 0.6) is 5.75 Å². The monoisotopic (exact) mass is 307 g/mol. The predicted octanol–water partition coefficient (Wildman–Crippen LogP) is 3.21. The summed E-state index contributed by atoms with van der Waals surface area (Å²) in [5.74, 6) is 1.62. The molecule has 0 spiro atoms. The summed E-state index contributed by atoms with van der Waals surface area (Å²) in [6, 6.07) is 8.23. The van der Waals surface area contributed by atoms with Crippen LogP contribution in [0.3, 0.4) is 0 Å². The van der Waals surface area contributed by atoms with Gasteiger partial charge in [-0.1, -0.05) is 36.4 Å². The van der Waals surface area contributed by atoms with Crippen LogP contribution >= 0.6 is 11.6 Å². The van der Waals surface area contributed by atoms with Crippen LogP contribution in [0.25, 0.3) is 0 Å². The molecule has 0 saturated carbocycles. The molecule has 114 valence electrons. The van der Waals surface area contributed by atoms with Crippen molar-refractivity contribution in [2.24, 2.45) is 4.99 Å². The maximum absolute atomic E-state index is 6.03. The number of fused-ring (bicyclic) bond motifs is 1. The van der Waals surface area contributed by atoms with Crippen LogP contribution in [-0.4, -0.2) is 25.2 Å². The van der Waals surface area contributed by atoms with Crippen molar-refractivity contribution in [3.8, 4) is 5.75 Å². The van der Waals surface area contributed by atoms with Gasteiger partial charge in [0, 0.05) is 24.1 Å². The van der Waals surface area contributed by atoms with Gasteiger partial charge in [-0.15, -0.1) is 0 Å². The number of hydrogen-bond donors (Lipinski definition) is 2. The summed E-state index contributed by atoms with van der Waals surface area (Å²) in [6.07, 6.45) is 0.854. The second-order valence-electron chi connectivity index (χ2n) is 5.74. The van der Waals surface area contributed by atoms with E-state index in [1.807, 2.05) is 18.2 Å². The summed E-state index contributed by atoms with van der Waals surface area (Å²) in [6.45, 7) is 8.33. The first-order valence-corrected chi connectivity index (χ1v) is 7.37. The summed E-state index contributed by atoms with van der Waals surface area (Å²) in [5.41, 5.74) is 0.922. The normalized spacial score (nSPS) is 20.2. The molecule has 2 N–H and O–H groups in total. The third kappa shape index (κ3) is 4.14. The van der Waals surface area contributed by atoms with Crippen LogP contribution in [0, 0.1) is 0 Å². The van der Waals surface area contributed by atoms with Crippen molar-refractivity contribution < 1.29 is 4.74 Å². The summed E-state index contributed by atoms with van der Waals surface area (Å²) in [5, 5.41) is 7.12. The molecule has 1 aromatic carbocycles. The molecule has 1 atom stereocenters. The Morgan fingerprint density at radius 2 is 2.19 bits per heavy atom. The Kier molecular flexibility index (Phi) is 4.78. The molecule has 0 amide bonds. The molecular formula is C16H22ClN3O. The fourth-order valence-electron chi connectivity index (χ4n) is 2.47. The SMILES string of the molecule is C=C(Cl)CNC(=NC)NC1CC(C)(C)Oc2ccccc21. The highest BCUT2D eigenvalue weighted by Gasteiger charge is 2.33. The molecular weight excluding hydrogens is 286 g/mol. The van der Waals surface area contributed by atoms with Crippen LogP contribution in [0.2, 0.25) is 0 Å². The first kappa shape index (κ1) is 15.7. The Morgan fingerprint density at radius 1 is 1.48 bits per heavy atom. The maximum Gasteiger partial charge on any atom is 0.191 e. The summed E-state index contributed by atoms with van der Waals surface area (Å²) in [7, 11) is 1.74. The summed E-state index contributed by atoms with van der Waals surface area (Å²) < 4.78 is 6.03. The van der Waals surface area contributed by atoms with Gasteiger partial charge in [-0.2, -0.15) is 0 Å². The third-order valence-electron chi connectivity index (χ3n) is 3.36. The zero-order valence-electron chi connectivity index (χ0n) is 12.7.